The second kappa shape index (κ2) is 15.8. The number of fused-ring (bicyclic) bond motifs is 2. The fourth-order valence-corrected chi connectivity index (χ4v) is 12.0. The summed E-state index contributed by atoms with van der Waals surface area (Å²) in [5.74, 6) is 0.177. The van der Waals surface area contributed by atoms with Crippen molar-refractivity contribution >= 4 is 42.8 Å². The molecule has 8 rings (SSSR count). The summed E-state index contributed by atoms with van der Waals surface area (Å²) in [6.07, 6.45) is 1.83. The van der Waals surface area contributed by atoms with Crippen molar-refractivity contribution in [1.29, 1.82) is 0 Å². The first-order valence-corrected chi connectivity index (χ1v) is 22.8. The number of hydrogen-bond donors (Lipinski definition) is 1. The molecule has 0 fully saturated rings. The van der Waals surface area contributed by atoms with Crippen molar-refractivity contribution in [2.45, 2.75) is 32.6 Å². The molecule has 59 heavy (non-hydrogen) atoms. The van der Waals surface area contributed by atoms with Crippen LogP contribution >= 0.6 is 15.1 Å². The van der Waals surface area contributed by atoms with Gasteiger partial charge in [0.1, 0.15) is 34.7 Å². The third-order valence-corrected chi connectivity index (χ3v) is 14.8. The number of amides is 2. The number of carbonyl (C=O) groups is 2. The van der Waals surface area contributed by atoms with Gasteiger partial charge in [0.05, 0.1) is 18.3 Å². The van der Waals surface area contributed by atoms with Crippen molar-refractivity contribution in [2.75, 3.05) is 12.8 Å². The fraction of sp³-hybridized carbons (Fsp3) is 0.156. The summed E-state index contributed by atoms with van der Waals surface area (Å²) in [6.45, 7) is 2.44. The third kappa shape index (κ3) is 10.3. The van der Waals surface area contributed by atoms with Crippen LogP contribution in [0.2, 0.25) is 0 Å². The quantitative estimate of drug-likeness (QED) is 0.0847. The fourth-order valence-electron chi connectivity index (χ4n) is 7.65. The van der Waals surface area contributed by atoms with Crippen LogP contribution in [0.15, 0.2) is 152 Å². The number of rotatable bonds is 10. The number of aromatic hydroxyl groups is 1. The Morgan fingerprint density at radius 3 is 1.51 bits per heavy atom. The van der Waals surface area contributed by atoms with Crippen LogP contribution in [0.25, 0.3) is 0 Å². The molecule has 0 spiro atoms. The molecule has 0 saturated heterocycles. The molecule has 14 heteroatoms. The van der Waals surface area contributed by atoms with Crippen molar-refractivity contribution < 1.29 is 44.6 Å². The predicted octanol–water partition coefficient (Wildman–Crippen LogP) is 10.8. The van der Waals surface area contributed by atoms with Crippen molar-refractivity contribution in [3.05, 3.63) is 185 Å². The number of carbonyl (C=O) groups excluding carboxylic acids is 2. The molecular formula is C45H40F6N2O4P2. The molecule has 0 atom stereocenters. The number of benzene rings is 6. The van der Waals surface area contributed by atoms with E-state index in [9.17, 15) is 39.9 Å². The normalized spacial score (nSPS) is 14.6. The standard InChI is InChI=1S/C45H39N2O4P.F6P/c48-43-24-22-33(44(49)46-29-34-13-10-11-14-35(34)30-46)28-42(43)45(50)47-31-36-21-23-38(27-37(36)32-47)51-25-12-26-52(39-15-4-1-5-16-39,40-17-6-2-7-18-40)41-19-8-3-9-20-41;1-7(2,3,4,5)6/h1-11,13-24,27-28H,12,25-26,29-32H2;/q;-1/p+1. The van der Waals surface area contributed by atoms with E-state index in [1.165, 1.54) is 28.0 Å². The Kier molecular flexibility index (Phi) is 11.1. The number of phenolic OH excluding ortho intramolecular Hbond substituents is 1. The molecular weight excluding hydrogens is 808 g/mol. The first kappa shape index (κ1) is 41.5. The minimum atomic E-state index is -10.7. The van der Waals surface area contributed by atoms with Crippen LogP contribution in [-0.2, 0) is 26.2 Å². The van der Waals surface area contributed by atoms with E-state index in [4.69, 9.17) is 4.74 Å². The molecule has 6 aromatic carbocycles. The Morgan fingerprint density at radius 1 is 0.559 bits per heavy atom. The summed E-state index contributed by atoms with van der Waals surface area (Å²) in [5.41, 5.74) is 4.85. The maximum atomic E-state index is 13.8. The Hall–Kier alpha value is -5.70. The van der Waals surface area contributed by atoms with Crippen molar-refractivity contribution in [3.63, 3.8) is 0 Å². The molecule has 0 unspecified atom stereocenters. The molecule has 0 saturated carbocycles. The van der Waals surface area contributed by atoms with Crippen LogP contribution in [0.3, 0.4) is 0 Å². The van der Waals surface area contributed by atoms with E-state index in [1.807, 2.05) is 42.5 Å². The average molecular weight is 849 g/mol. The molecule has 306 valence electrons. The number of halogens is 6. The molecule has 6 nitrogen and oxygen atoms in total. The number of ether oxygens (including phenoxy) is 1. The third-order valence-electron chi connectivity index (χ3n) is 10.3. The van der Waals surface area contributed by atoms with Crippen molar-refractivity contribution in [1.82, 2.24) is 9.80 Å². The monoisotopic (exact) mass is 848 g/mol. The summed E-state index contributed by atoms with van der Waals surface area (Å²) in [6, 6.07) is 51.3. The summed E-state index contributed by atoms with van der Waals surface area (Å²) in [5, 5.41) is 14.8. The summed E-state index contributed by atoms with van der Waals surface area (Å²) in [7, 11) is -12.6. The van der Waals surface area contributed by atoms with Crippen LogP contribution in [0.5, 0.6) is 11.5 Å². The minimum absolute atomic E-state index is 0.133. The van der Waals surface area contributed by atoms with Crippen LogP contribution in [0, 0.1) is 0 Å². The number of phenols is 1. The average Bonchev–Trinajstić information content (AvgIpc) is 3.85. The minimum Gasteiger partial charge on any atom is -0.507 e. The van der Waals surface area contributed by atoms with Crippen LogP contribution < -0.4 is 20.7 Å². The molecule has 2 heterocycles. The van der Waals surface area contributed by atoms with E-state index < -0.39 is 15.1 Å². The zero-order chi connectivity index (χ0) is 41.9. The molecule has 0 radical (unpaired) electrons. The van der Waals surface area contributed by atoms with Gasteiger partial charge < -0.3 is 19.6 Å². The smallest absolute Gasteiger partial charge is 0.258 e. The van der Waals surface area contributed by atoms with Gasteiger partial charge in [-0.15, -0.1) is 0 Å². The molecule has 0 aromatic heterocycles. The van der Waals surface area contributed by atoms with Crippen molar-refractivity contribution in [2.24, 2.45) is 0 Å². The SMILES string of the molecule is F[P-](F)(F)(F)(F)F.O=C(c1ccc(O)c(C(=O)N2Cc3ccc(OCCC[P+](c4ccccc4)(c4ccccc4)c4ccccc4)cc3C2)c1)N1Cc2ccccc2C1. The van der Waals surface area contributed by atoms with Gasteiger partial charge in [-0.25, -0.2) is 0 Å². The summed E-state index contributed by atoms with van der Waals surface area (Å²) >= 11 is 0. The molecule has 2 aliphatic rings. The topological polar surface area (TPSA) is 70.1 Å². The maximum Gasteiger partial charge on any atom is 0.258 e. The van der Waals surface area contributed by atoms with Gasteiger partial charge >= 0.3 is 33.0 Å². The van der Waals surface area contributed by atoms with Crippen LogP contribution in [-0.4, -0.2) is 39.5 Å². The van der Waals surface area contributed by atoms with E-state index in [0.29, 0.717) is 38.3 Å². The largest absolute Gasteiger partial charge is 0.507 e. The maximum absolute atomic E-state index is 13.8. The predicted molar refractivity (Wildman–Crippen MR) is 222 cm³/mol. The number of hydrogen-bond acceptors (Lipinski definition) is 4. The second-order valence-corrected chi connectivity index (χ2v) is 20.0. The van der Waals surface area contributed by atoms with Gasteiger partial charge in [-0.05, 0) is 89.0 Å². The van der Waals surface area contributed by atoms with Gasteiger partial charge in [-0.1, -0.05) is 84.9 Å². The van der Waals surface area contributed by atoms with Gasteiger partial charge in [-0.2, -0.15) is 0 Å². The van der Waals surface area contributed by atoms with Gasteiger partial charge in [0.2, 0.25) is 0 Å². The van der Waals surface area contributed by atoms with E-state index in [2.05, 4.69) is 91.0 Å². The first-order chi connectivity index (χ1) is 27.9. The zero-order valence-corrected chi connectivity index (χ0v) is 33.4. The second-order valence-electron chi connectivity index (χ2n) is 14.5. The first-order valence-electron chi connectivity index (χ1n) is 18.8. The Labute approximate surface area is 338 Å². The zero-order valence-electron chi connectivity index (χ0n) is 31.6. The van der Waals surface area contributed by atoms with Gasteiger partial charge in [0.25, 0.3) is 11.8 Å². The molecule has 2 aliphatic heterocycles. The number of nitrogens with zero attached hydrogens (tertiary/aromatic N) is 2. The Bertz CT molecular complexity index is 2340. The van der Waals surface area contributed by atoms with E-state index in [-0.39, 0.29) is 23.1 Å². The van der Waals surface area contributed by atoms with Crippen molar-refractivity contribution in [3.8, 4) is 11.5 Å². The Balaban J connectivity index is 0.000000694. The van der Waals surface area contributed by atoms with E-state index >= 15 is 0 Å². The molecule has 0 bridgehead atoms. The van der Waals surface area contributed by atoms with Gasteiger partial charge in [0.15, 0.2) is 0 Å². The molecule has 6 aromatic rings. The molecule has 1 N–H and O–H groups in total. The van der Waals surface area contributed by atoms with E-state index in [0.717, 1.165) is 40.6 Å². The summed E-state index contributed by atoms with van der Waals surface area (Å²) in [4.78, 5) is 30.7. The molecule has 2 amide bonds. The van der Waals surface area contributed by atoms with Crippen LogP contribution in [0.4, 0.5) is 25.2 Å². The van der Waals surface area contributed by atoms with Gasteiger partial charge in [-0.3, -0.25) is 9.59 Å². The molecule has 0 aliphatic carbocycles. The van der Waals surface area contributed by atoms with Gasteiger partial charge in [0, 0.05) is 38.2 Å². The van der Waals surface area contributed by atoms with Crippen LogP contribution in [0.1, 0.15) is 49.4 Å². The van der Waals surface area contributed by atoms with E-state index in [1.54, 1.807) is 15.9 Å². The Morgan fingerprint density at radius 2 is 1.00 bits per heavy atom. The summed E-state index contributed by atoms with van der Waals surface area (Å²) < 4.78 is 65.6.